The monoisotopic (exact) mass is 306 g/mol. The third-order valence-corrected chi connectivity index (χ3v) is 4.54. The number of ether oxygens (including phenoxy) is 2. The Morgan fingerprint density at radius 2 is 2.05 bits per heavy atom. The highest BCUT2D eigenvalue weighted by molar-refractivity contribution is 7.90. The van der Waals surface area contributed by atoms with E-state index in [-0.39, 0.29) is 0 Å². The number of anilines is 1. The highest BCUT2D eigenvalue weighted by atomic mass is 35.5. The van der Waals surface area contributed by atoms with E-state index in [1.54, 1.807) is 12.1 Å². The molecule has 1 aromatic rings. The molecule has 0 radical (unpaired) electrons. The molecule has 6 nitrogen and oxygen atoms in total. The highest BCUT2D eigenvalue weighted by Gasteiger charge is 2.24. The van der Waals surface area contributed by atoms with Crippen molar-refractivity contribution in [3.63, 3.8) is 0 Å². The van der Waals surface area contributed by atoms with Gasteiger partial charge in [0.05, 0.1) is 31.0 Å². The predicted molar refractivity (Wildman–Crippen MR) is 72.9 cm³/mol. The first-order valence-corrected chi connectivity index (χ1v) is 7.54. The molecule has 1 aromatic carbocycles. The van der Waals surface area contributed by atoms with Gasteiger partial charge in [-0.15, -0.1) is 0 Å². The van der Waals surface area contributed by atoms with Crippen LogP contribution in [0.2, 0.25) is 5.02 Å². The molecule has 1 aliphatic heterocycles. The molecule has 1 heterocycles. The van der Waals surface area contributed by atoms with Crippen molar-refractivity contribution in [2.45, 2.75) is 0 Å². The lowest BCUT2D eigenvalue weighted by molar-refractivity contribution is 0.0733. The van der Waals surface area contributed by atoms with Crippen LogP contribution in [-0.2, 0) is 14.9 Å². The molecule has 0 bridgehead atoms. The maximum Gasteiger partial charge on any atom is 0.301 e. The zero-order valence-corrected chi connectivity index (χ0v) is 12.0. The lowest BCUT2D eigenvalue weighted by atomic mass is 10.3. The Bertz CT molecular complexity index is 544. The molecule has 1 aliphatic rings. The lowest BCUT2D eigenvalue weighted by Crippen LogP contribution is -2.43. The number of methoxy groups -OCH3 is 1. The van der Waals surface area contributed by atoms with Gasteiger partial charge in [-0.2, -0.15) is 12.7 Å². The van der Waals surface area contributed by atoms with Gasteiger partial charge in [-0.05, 0) is 18.2 Å². The summed E-state index contributed by atoms with van der Waals surface area (Å²) < 4.78 is 38.2. The zero-order chi connectivity index (χ0) is 13.9. The molecule has 19 heavy (non-hydrogen) atoms. The third-order valence-electron chi connectivity index (χ3n) is 2.71. The highest BCUT2D eigenvalue weighted by Crippen LogP contribution is 2.27. The molecule has 106 valence electrons. The Labute approximate surface area is 117 Å². The summed E-state index contributed by atoms with van der Waals surface area (Å²) in [6.45, 7) is 1.51. The van der Waals surface area contributed by atoms with E-state index in [9.17, 15) is 8.42 Å². The van der Waals surface area contributed by atoms with E-state index < -0.39 is 10.2 Å². The van der Waals surface area contributed by atoms with Gasteiger partial charge in [-0.1, -0.05) is 11.6 Å². The van der Waals surface area contributed by atoms with Crippen LogP contribution in [0.15, 0.2) is 18.2 Å². The Balaban J connectivity index is 2.13. The number of nitrogens with zero attached hydrogens (tertiary/aromatic N) is 1. The van der Waals surface area contributed by atoms with Crippen molar-refractivity contribution >= 4 is 27.5 Å². The average Bonchev–Trinajstić information content (AvgIpc) is 2.39. The first-order valence-electron chi connectivity index (χ1n) is 5.72. The summed E-state index contributed by atoms with van der Waals surface area (Å²) in [4.78, 5) is 0. The summed E-state index contributed by atoms with van der Waals surface area (Å²) in [5, 5.41) is 0.352. The number of rotatable bonds is 4. The SMILES string of the molecule is COc1ccc(NS(=O)(=O)N2CCOCC2)cc1Cl. The topological polar surface area (TPSA) is 67.9 Å². The second-order valence-corrected chi connectivity index (χ2v) is 6.05. The Hall–Kier alpha value is -1.02. The van der Waals surface area contributed by atoms with E-state index in [2.05, 4.69) is 4.72 Å². The van der Waals surface area contributed by atoms with E-state index >= 15 is 0 Å². The van der Waals surface area contributed by atoms with Crippen molar-refractivity contribution in [1.29, 1.82) is 0 Å². The molecule has 1 fully saturated rings. The first-order chi connectivity index (χ1) is 9.03. The van der Waals surface area contributed by atoms with Crippen LogP contribution in [0.5, 0.6) is 5.75 Å². The molecular formula is C11H15ClN2O4S. The van der Waals surface area contributed by atoms with Crippen molar-refractivity contribution in [3.05, 3.63) is 23.2 Å². The standard InChI is InChI=1S/C11H15ClN2O4S/c1-17-11-3-2-9(8-10(11)12)13-19(15,16)14-4-6-18-7-5-14/h2-3,8,13H,4-7H2,1H3. The van der Waals surface area contributed by atoms with Gasteiger partial charge in [0.1, 0.15) is 5.75 Å². The fraction of sp³-hybridized carbons (Fsp3) is 0.455. The van der Waals surface area contributed by atoms with E-state index in [1.165, 1.54) is 17.5 Å². The fourth-order valence-corrected chi connectivity index (χ4v) is 3.17. The van der Waals surface area contributed by atoms with Gasteiger partial charge in [0.25, 0.3) is 0 Å². The quantitative estimate of drug-likeness (QED) is 0.911. The van der Waals surface area contributed by atoms with Gasteiger partial charge >= 0.3 is 10.2 Å². The first kappa shape index (κ1) is 14.4. The summed E-state index contributed by atoms with van der Waals surface area (Å²) in [5.74, 6) is 0.496. The van der Waals surface area contributed by atoms with Crippen LogP contribution in [0.3, 0.4) is 0 Å². The molecule has 2 rings (SSSR count). The van der Waals surface area contributed by atoms with Crippen LogP contribution >= 0.6 is 11.6 Å². The lowest BCUT2D eigenvalue weighted by Gasteiger charge is -2.26. The number of benzene rings is 1. The van der Waals surface area contributed by atoms with Crippen molar-refractivity contribution < 1.29 is 17.9 Å². The molecule has 0 atom stereocenters. The van der Waals surface area contributed by atoms with Crippen molar-refractivity contribution in [1.82, 2.24) is 4.31 Å². The molecule has 1 N–H and O–H groups in total. The zero-order valence-electron chi connectivity index (χ0n) is 10.4. The fourth-order valence-electron chi connectivity index (χ4n) is 1.73. The van der Waals surface area contributed by atoms with E-state index in [4.69, 9.17) is 21.1 Å². The summed E-state index contributed by atoms with van der Waals surface area (Å²) in [5.41, 5.74) is 0.400. The molecule has 0 unspecified atom stereocenters. The predicted octanol–water partition coefficient (Wildman–Crippen LogP) is 1.34. The van der Waals surface area contributed by atoms with E-state index in [0.29, 0.717) is 42.8 Å². The minimum absolute atomic E-state index is 0.346. The maximum atomic E-state index is 12.1. The van der Waals surface area contributed by atoms with Gasteiger partial charge in [0, 0.05) is 13.1 Å². The summed E-state index contributed by atoms with van der Waals surface area (Å²) >= 11 is 5.95. The molecular weight excluding hydrogens is 292 g/mol. The number of hydrogen-bond donors (Lipinski definition) is 1. The van der Waals surface area contributed by atoms with Gasteiger partial charge in [0.2, 0.25) is 0 Å². The van der Waals surface area contributed by atoms with Crippen molar-refractivity contribution in [2.75, 3.05) is 38.1 Å². The largest absolute Gasteiger partial charge is 0.495 e. The van der Waals surface area contributed by atoms with E-state index in [0.717, 1.165) is 0 Å². The van der Waals surface area contributed by atoms with Gasteiger partial charge in [0.15, 0.2) is 0 Å². The van der Waals surface area contributed by atoms with Gasteiger partial charge < -0.3 is 9.47 Å². The summed E-state index contributed by atoms with van der Waals surface area (Å²) in [6.07, 6.45) is 0. The maximum absolute atomic E-state index is 12.1. The minimum Gasteiger partial charge on any atom is -0.495 e. The molecule has 1 saturated heterocycles. The molecule has 8 heteroatoms. The Kier molecular flexibility index (Phi) is 4.51. The van der Waals surface area contributed by atoms with Crippen LogP contribution in [0.4, 0.5) is 5.69 Å². The van der Waals surface area contributed by atoms with Crippen LogP contribution < -0.4 is 9.46 Å². The van der Waals surface area contributed by atoms with Gasteiger partial charge in [-0.3, -0.25) is 4.72 Å². The number of nitrogens with one attached hydrogen (secondary N) is 1. The smallest absolute Gasteiger partial charge is 0.301 e. The van der Waals surface area contributed by atoms with Crippen molar-refractivity contribution in [3.8, 4) is 5.75 Å². The van der Waals surface area contributed by atoms with Gasteiger partial charge in [-0.25, -0.2) is 0 Å². The Morgan fingerprint density at radius 1 is 1.37 bits per heavy atom. The number of morpholine rings is 1. The molecule has 0 aliphatic carbocycles. The molecule has 0 spiro atoms. The molecule has 0 aromatic heterocycles. The number of halogens is 1. The average molecular weight is 307 g/mol. The van der Waals surface area contributed by atoms with Crippen LogP contribution in [-0.4, -0.2) is 46.1 Å². The summed E-state index contributed by atoms with van der Waals surface area (Å²) in [6, 6.07) is 4.72. The third kappa shape index (κ3) is 3.50. The van der Waals surface area contributed by atoms with Crippen molar-refractivity contribution in [2.24, 2.45) is 0 Å². The molecule has 0 saturated carbocycles. The Morgan fingerprint density at radius 3 is 2.63 bits per heavy atom. The van der Waals surface area contributed by atoms with Crippen LogP contribution in [0.25, 0.3) is 0 Å². The summed E-state index contributed by atoms with van der Waals surface area (Å²) in [7, 11) is -2.07. The normalized spacial score (nSPS) is 17.2. The molecule has 0 amide bonds. The minimum atomic E-state index is -3.57. The number of hydrogen-bond acceptors (Lipinski definition) is 4. The second kappa shape index (κ2) is 5.96. The van der Waals surface area contributed by atoms with E-state index in [1.807, 2.05) is 0 Å². The van der Waals surface area contributed by atoms with Crippen LogP contribution in [0, 0.1) is 0 Å². The second-order valence-electron chi connectivity index (χ2n) is 3.97. The van der Waals surface area contributed by atoms with Crippen LogP contribution in [0.1, 0.15) is 0 Å².